The van der Waals surface area contributed by atoms with Gasteiger partial charge < -0.3 is 25.5 Å². The predicted octanol–water partition coefficient (Wildman–Crippen LogP) is 2.89. The molecule has 2 radical (unpaired) electrons. The lowest BCUT2D eigenvalue weighted by Crippen LogP contribution is -1.98. The van der Waals surface area contributed by atoms with E-state index >= 15 is 0 Å². The van der Waals surface area contributed by atoms with Crippen LogP contribution < -0.4 is 20.5 Å². The van der Waals surface area contributed by atoms with Gasteiger partial charge in [0, 0.05) is 47.6 Å². The van der Waals surface area contributed by atoms with Gasteiger partial charge >= 0.3 is 0 Å². The summed E-state index contributed by atoms with van der Waals surface area (Å²) in [6.45, 7) is 0. The number of hydrogen-bond acceptors (Lipinski definition) is 7. The lowest BCUT2D eigenvalue weighted by molar-refractivity contribution is 0.395. The van der Waals surface area contributed by atoms with Crippen LogP contribution >= 0.6 is 0 Å². The third-order valence-electron chi connectivity index (χ3n) is 3.99. The van der Waals surface area contributed by atoms with Crippen molar-refractivity contribution in [1.29, 1.82) is 0 Å². The van der Waals surface area contributed by atoms with E-state index in [1.165, 1.54) is 6.20 Å². The van der Waals surface area contributed by atoms with E-state index in [9.17, 15) is 0 Å². The van der Waals surface area contributed by atoms with Crippen LogP contribution in [0, 0.1) is 0 Å². The van der Waals surface area contributed by atoms with E-state index in [1.54, 1.807) is 26.6 Å². The number of hydrogen-bond donors (Lipinski definition) is 2. The largest absolute Gasteiger partial charge is 0.497 e. The van der Waals surface area contributed by atoms with Crippen molar-refractivity contribution in [3.8, 4) is 11.5 Å². The van der Waals surface area contributed by atoms with E-state index < -0.39 is 0 Å². The first kappa shape index (κ1) is 19.2. The normalized spacial score (nSPS) is 11.7. The number of ether oxygens (including phenoxy) is 2. The van der Waals surface area contributed by atoms with Crippen LogP contribution in [0.1, 0.15) is 5.69 Å². The highest BCUT2D eigenvalue weighted by molar-refractivity contribution is 6.13. The summed E-state index contributed by atoms with van der Waals surface area (Å²) in [6.07, 6.45) is 4.85. The number of aliphatic imine (C=N–C) groups is 1. The van der Waals surface area contributed by atoms with Gasteiger partial charge in [-0.15, -0.1) is 0 Å². The Kier molecular flexibility index (Phi) is 6.11. The van der Waals surface area contributed by atoms with Crippen LogP contribution in [-0.2, 0) is 0 Å². The van der Waals surface area contributed by atoms with Gasteiger partial charge in [0.25, 0.3) is 0 Å². The van der Waals surface area contributed by atoms with Gasteiger partial charge in [-0.25, -0.2) is 4.98 Å². The summed E-state index contributed by atoms with van der Waals surface area (Å²) < 4.78 is 10.6. The smallest absolute Gasteiger partial charge is 0.124 e. The molecule has 28 heavy (non-hydrogen) atoms. The van der Waals surface area contributed by atoms with Gasteiger partial charge in [-0.05, 0) is 24.6 Å². The fourth-order valence-electron chi connectivity index (χ4n) is 2.62. The number of allylic oxidation sites excluding steroid dienone is 1. The van der Waals surface area contributed by atoms with Crippen molar-refractivity contribution in [2.75, 3.05) is 26.0 Å². The Balaban J connectivity index is 1.94. The number of nitrogens with zero attached hydrogens (tertiary/aromatic N) is 3. The van der Waals surface area contributed by atoms with Crippen LogP contribution in [0.15, 0.2) is 53.8 Å². The second kappa shape index (κ2) is 8.90. The molecule has 0 saturated carbocycles. The minimum absolute atomic E-state index is 0.177. The molecule has 0 bridgehead atoms. The Morgan fingerprint density at radius 3 is 2.50 bits per heavy atom. The molecule has 0 saturated heterocycles. The molecule has 0 spiro atoms. The maximum atomic E-state index is 5.68. The molecule has 1 heterocycles. The molecule has 0 atom stereocenters. The molecule has 0 aliphatic rings. The number of anilines is 2. The summed E-state index contributed by atoms with van der Waals surface area (Å²) in [6, 6.07) is 11.3. The summed E-state index contributed by atoms with van der Waals surface area (Å²) in [4.78, 5) is 13.1. The van der Waals surface area contributed by atoms with Crippen molar-refractivity contribution in [3.63, 3.8) is 0 Å². The standard InChI is InChI=1S/C20H20BN5O2/c1-27-16-5-15(6-17(8-16)28-2)25-14-3-4-18-19(7-14)26-20(11-24-18)13(9-22)10-23-12-21/h3-11,25H,12,22H2,1-2H3. The van der Waals surface area contributed by atoms with E-state index in [-0.39, 0.29) is 6.44 Å². The van der Waals surface area contributed by atoms with Gasteiger partial charge in [0.05, 0.1) is 45.0 Å². The monoisotopic (exact) mass is 373 g/mol. The van der Waals surface area contributed by atoms with Crippen molar-refractivity contribution < 1.29 is 9.47 Å². The fourth-order valence-corrected chi connectivity index (χ4v) is 2.62. The lowest BCUT2D eigenvalue weighted by Gasteiger charge is -2.11. The van der Waals surface area contributed by atoms with Crippen molar-refractivity contribution in [3.05, 3.63) is 54.5 Å². The summed E-state index contributed by atoms with van der Waals surface area (Å²) in [5, 5.41) is 3.33. The fraction of sp³-hybridized carbons (Fsp3) is 0.150. The number of fused-ring (bicyclic) bond motifs is 1. The topological polar surface area (TPSA) is 94.7 Å². The van der Waals surface area contributed by atoms with E-state index in [1.807, 2.05) is 36.4 Å². The molecule has 0 aliphatic carbocycles. The third-order valence-corrected chi connectivity index (χ3v) is 3.99. The van der Waals surface area contributed by atoms with Crippen LogP contribution in [0.2, 0.25) is 0 Å². The molecule has 140 valence electrons. The van der Waals surface area contributed by atoms with E-state index in [0.29, 0.717) is 22.8 Å². The molecule has 7 nitrogen and oxygen atoms in total. The van der Waals surface area contributed by atoms with Gasteiger partial charge in [0.1, 0.15) is 11.5 Å². The number of rotatable bonds is 7. The molecule has 0 aliphatic heterocycles. The molecule has 3 aromatic rings. The maximum absolute atomic E-state index is 5.68. The number of aromatic nitrogens is 2. The van der Waals surface area contributed by atoms with Gasteiger partial charge in [0.2, 0.25) is 0 Å². The molecule has 0 amide bonds. The molecular formula is C20H20BN5O2. The van der Waals surface area contributed by atoms with E-state index in [2.05, 4.69) is 20.3 Å². The summed E-state index contributed by atoms with van der Waals surface area (Å²) in [5.41, 5.74) is 10.1. The minimum atomic E-state index is 0.177. The van der Waals surface area contributed by atoms with Crippen LogP contribution in [0.25, 0.3) is 16.6 Å². The maximum Gasteiger partial charge on any atom is 0.124 e. The first-order valence-electron chi connectivity index (χ1n) is 8.56. The van der Waals surface area contributed by atoms with Crippen molar-refractivity contribution >= 4 is 42.0 Å². The summed E-state index contributed by atoms with van der Waals surface area (Å²) in [7, 11) is 8.63. The summed E-state index contributed by atoms with van der Waals surface area (Å²) >= 11 is 0. The second-order valence-electron chi connectivity index (χ2n) is 5.80. The van der Waals surface area contributed by atoms with Crippen molar-refractivity contribution in [2.24, 2.45) is 10.7 Å². The highest BCUT2D eigenvalue weighted by atomic mass is 16.5. The molecule has 3 N–H and O–H groups in total. The van der Waals surface area contributed by atoms with Crippen LogP contribution in [0.3, 0.4) is 0 Å². The van der Waals surface area contributed by atoms with Crippen LogP contribution in [-0.4, -0.2) is 44.7 Å². The zero-order valence-corrected chi connectivity index (χ0v) is 15.7. The Labute approximate surface area is 164 Å². The first-order valence-corrected chi connectivity index (χ1v) is 8.56. The molecule has 8 heteroatoms. The highest BCUT2D eigenvalue weighted by Crippen LogP contribution is 2.29. The van der Waals surface area contributed by atoms with Crippen LogP contribution in [0.4, 0.5) is 11.4 Å². The van der Waals surface area contributed by atoms with Crippen molar-refractivity contribution in [2.45, 2.75) is 0 Å². The lowest BCUT2D eigenvalue weighted by atomic mass is 10.1. The Morgan fingerprint density at radius 2 is 1.86 bits per heavy atom. The van der Waals surface area contributed by atoms with Crippen molar-refractivity contribution in [1.82, 2.24) is 9.97 Å². The van der Waals surface area contributed by atoms with Gasteiger partial charge in [-0.1, -0.05) is 0 Å². The number of methoxy groups -OCH3 is 2. The first-order chi connectivity index (χ1) is 13.7. The Hall–Kier alpha value is -3.55. The van der Waals surface area contributed by atoms with Gasteiger partial charge in [-0.3, -0.25) is 4.98 Å². The third kappa shape index (κ3) is 4.40. The van der Waals surface area contributed by atoms with E-state index in [0.717, 1.165) is 22.4 Å². The summed E-state index contributed by atoms with van der Waals surface area (Å²) in [5.74, 6) is 1.39. The average Bonchev–Trinajstić information content (AvgIpc) is 2.73. The number of nitrogens with two attached hydrogens (primary N) is 1. The SMILES string of the molecule is [B]CN=CC(=CN)c1cnc2ccc(Nc3cc(OC)cc(OC)c3)cc2n1. The van der Waals surface area contributed by atoms with E-state index in [4.69, 9.17) is 23.1 Å². The highest BCUT2D eigenvalue weighted by Gasteiger charge is 2.07. The molecule has 1 aromatic heterocycles. The Bertz CT molecular complexity index is 1010. The minimum Gasteiger partial charge on any atom is -0.497 e. The average molecular weight is 373 g/mol. The molecule has 2 aromatic carbocycles. The molecule has 0 fully saturated rings. The molecular weight excluding hydrogens is 353 g/mol. The number of benzene rings is 2. The number of nitrogens with one attached hydrogen (secondary N) is 1. The van der Waals surface area contributed by atoms with Gasteiger partial charge in [0.15, 0.2) is 0 Å². The predicted molar refractivity (Wildman–Crippen MR) is 114 cm³/mol. The Morgan fingerprint density at radius 1 is 1.11 bits per heavy atom. The molecule has 3 rings (SSSR count). The van der Waals surface area contributed by atoms with Crippen LogP contribution in [0.5, 0.6) is 11.5 Å². The zero-order valence-electron chi connectivity index (χ0n) is 15.7. The zero-order chi connectivity index (χ0) is 19.9. The molecule has 0 unspecified atom stereocenters. The second-order valence-corrected chi connectivity index (χ2v) is 5.80. The quantitative estimate of drug-likeness (QED) is 0.489. The van der Waals surface area contributed by atoms with Gasteiger partial charge in [-0.2, -0.15) is 0 Å².